The zero-order chi connectivity index (χ0) is 16.1. The topological polar surface area (TPSA) is 46.6 Å². The first-order chi connectivity index (χ1) is 10.5. The van der Waals surface area contributed by atoms with Crippen molar-refractivity contribution in [1.29, 1.82) is 0 Å². The fourth-order valence-corrected chi connectivity index (χ4v) is 2.42. The van der Waals surface area contributed by atoms with Crippen LogP contribution in [0.15, 0.2) is 42.5 Å². The zero-order valence-electron chi connectivity index (χ0n) is 11.8. The fourth-order valence-electron chi connectivity index (χ4n) is 1.81. The van der Waals surface area contributed by atoms with Gasteiger partial charge < -0.3 is 9.64 Å². The molecule has 0 aromatic heterocycles. The molecule has 0 saturated heterocycles. The van der Waals surface area contributed by atoms with E-state index in [0.29, 0.717) is 11.8 Å². The molecule has 0 fully saturated rings. The van der Waals surface area contributed by atoms with Crippen LogP contribution >= 0.6 is 23.2 Å². The van der Waals surface area contributed by atoms with E-state index in [4.69, 9.17) is 27.9 Å². The molecule has 0 aliphatic carbocycles. The average molecular weight is 338 g/mol. The first-order valence-corrected chi connectivity index (χ1v) is 7.17. The summed E-state index contributed by atoms with van der Waals surface area (Å²) in [5.74, 6) is -0.0680. The molecule has 22 heavy (non-hydrogen) atoms. The van der Waals surface area contributed by atoms with E-state index in [0.717, 1.165) is 5.69 Å². The van der Waals surface area contributed by atoms with E-state index < -0.39 is 0 Å². The minimum atomic E-state index is -0.252. The Kier molecular flexibility index (Phi) is 5.41. The van der Waals surface area contributed by atoms with Gasteiger partial charge in [0.2, 0.25) is 0 Å². The lowest BCUT2D eigenvalue weighted by Gasteiger charge is -2.18. The number of hydrogen-bond donors (Lipinski definition) is 0. The maximum absolute atomic E-state index is 12.1. The number of anilines is 1. The SMILES string of the molecule is CN(C(=O)COc1c(Cl)cc(C=O)cc1Cl)c1ccccc1. The second kappa shape index (κ2) is 7.29. The summed E-state index contributed by atoms with van der Waals surface area (Å²) in [5, 5.41) is 0.370. The summed E-state index contributed by atoms with van der Waals surface area (Å²) >= 11 is 12.0. The first kappa shape index (κ1) is 16.3. The van der Waals surface area contributed by atoms with Crippen molar-refractivity contribution in [2.75, 3.05) is 18.6 Å². The highest BCUT2D eigenvalue weighted by atomic mass is 35.5. The van der Waals surface area contributed by atoms with E-state index in [1.807, 2.05) is 30.3 Å². The van der Waals surface area contributed by atoms with Gasteiger partial charge in [0.05, 0.1) is 10.0 Å². The van der Waals surface area contributed by atoms with Crippen molar-refractivity contribution in [2.45, 2.75) is 0 Å². The molecule has 0 atom stereocenters. The highest BCUT2D eigenvalue weighted by molar-refractivity contribution is 6.37. The molecular formula is C16H13Cl2NO3. The summed E-state index contributed by atoms with van der Waals surface area (Å²) in [6.45, 7) is -0.217. The summed E-state index contributed by atoms with van der Waals surface area (Å²) in [4.78, 5) is 24.3. The van der Waals surface area contributed by atoms with E-state index in [-0.39, 0.29) is 28.3 Å². The third kappa shape index (κ3) is 3.78. The van der Waals surface area contributed by atoms with Gasteiger partial charge in [0.15, 0.2) is 12.4 Å². The molecule has 0 aliphatic rings. The second-order valence-electron chi connectivity index (χ2n) is 4.51. The fraction of sp³-hybridized carbons (Fsp3) is 0.125. The van der Waals surface area contributed by atoms with Gasteiger partial charge in [0.25, 0.3) is 5.91 Å². The highest BCUT2D eigenvalue weighted by Gasteiger charge is 2.15. The van der Waals surface area contributed by atoms with E-state index in [1.54, 1.807) is 7.05 Å². The number of benzene rings is 2. The normalized spacial score (nSPS) is 10.1. The predicted molar refractivity (Wildman–Crippen MR) is 87.2 cm³/mol. The third-order valence-electron chi connectivity index (χ3n) is 3.01. The maximum atomic E-state index is 12.1. The van der Waals surface area contributed by atoms with Crippen molar-refractivity contribution < 1.29 is 14.3 Å². The van der Waals surface area contributed by atoms with Crippen LogP contribution in [-0.2, 0) is 4.79 Å². The number of likely N-dealkylation sites (N-methyl/N-ethyl adjacent to an activating group) is 1. The summed E-state index contributed by atoms with van der Waals surface area (Å²) in [6.07, 6.45) is 0.635. The molecule has 0 N–H and O–H groups in total. The number of carbonyl (C=O) groups excluding carboxylic acids is 2. The summed E-state index contributed by atoms with van der Waals surface area (Å²) in [7, 11) is 1.65. The van der Waals surface area contributed by atoms with Crippen molar-refractivity contribution in [1.82, 2.24) is 0 Å². The quantitative estimate of drug-likeness (QED) is 0.778. The summed E-state index contributed by atoms with van der Waals surface area (Å²) in [5.41, 5.74) is 1.10. The molecule has 0 saturated carbocycles. The van der Waals surface area contributed by atoms with E-state index in [2.05, 4.69) is 0 Å². The molecule has 2 aromatic carbocycles. The molecule has 2 rings (SSSR count). The number of ether oxygens (including phenoxy) is 1. The lowest BCUT2D eigenvalue weighted by Crippen LogP contribution is -2.31. The zero-order valence-corrected chi connectivity index (χ0v) is 13.3. The van der Waals surface area contributed by atoms with Crippen LogP contribution < -0.4 is 9.64 Å². The molecule has 4 nitrogen and oxygen atoms in total. The van der Waals surface area contributed by atoms with Crippen LogP contribution in [0.2, 0.25) is 10.0 Å². The number of para-hydroxylation sites is 1. The van der Waals surface area contributed by atoms with Gasteiger partial charge in [-0.3, -0.25) is 9.59 Å². The monoisotopic (exact) mass is 337 g/mol. The van der Waals surface area contributed by atoms with Gasteiger partial charge in [-0.05, 0) is 24.3 Å². The number of nitrogens with zero attached hydrogens (tertiary/aromatic N) is 1. The number of amides is 1. The maximum Gasteiger partial charge on any atom is 0.264 e. The van der Waals surface area contributed by atoms with E-state index in [1.165, 1.54) is 17.0 Å². The first-order valence-electron chi connectivity index (χ1n) is 6.41. The Morgan fingerprint density at radius 3 is 2.32 bits per heavy atom. The Labute approximate surface area is 138 Å². The van der Waals surface area contributed by atoms with Crippen molar-refractivity contribution in [3.05, 3.63) is 58.1 Å². The summed E-state index contributed by atoms with van der Waals surface area (Å²) < 4.78 is 5.40. The predicted octanol–water partition coefficient (Wildman–Crippen LogP) is 3.85. The van der Waals surface area contributed by atoms with Crippen LogP contribution in [-0.4, -0.2) is 25.8 Å². The minimum Gasteiger partial charge on any atom is -0.481 e. The number of halogens is 2. The Balaban J connectivity index is 2.07. The van der Waals surface area contributed by atoms with Crippen LogP contribution in [0.1, 0.15) is 10.4 Å². The van der Waals surface area contributed by atoms with Gasteiger partial charge in [-0.2, -0.15) is 0 Å². The standard InChI is InChI=1S/C16H13Cl2NO3/c1-19(12-5-3-2-4-6-12)15(21)10-22-16-13(17)7-11(9-20)8-14(16)18/h2-9H,10H2,1H3. The Morgan fingerprint density at radius 2 is 1.77 bits per heavy atom. The van der Waals surface area contributed by atoms with Gasteiger partial charge in [-0.1, -0.05) is 41.4 Å². The van der Waals surface area contributed by atoms with Crippen molar-refractivity contribution in [2.24, 2.45) is 0 Å². The lowest BCUT2D eigenvalue weighted by atomic mass is 10.2. The molecule has 0 bridgehead atoms. The Morgan fingerprint density at radius 1 is 1.18 bits per heavy atom. The molecule has 2 aromatic rings. The van der Waals surface area contributed by atoms with Gasteiger partial charge in [0, 0.05) is 18.3 Å². The van der Waals surface area contributed by atoms with Crippen LogP contribution in [0.5, 0.6) is 5.75 Å². The molecule has 0 spiro atoms. The van der Waals surface area contributed by atoms with E-state index >= 15 is 0 Å². The molecule has 1 amide bonds. The number of hydrogen-bond acceptors (Lipinski definition) is 3. The van der Waals surface area contributed by atoms with Gasteiger partial charge in [-0.15, -0.1) is 0 Å². The third-order valence-corrected chi connectivity index (χ3v) is 3.58. The number of rotatable bonds is 5. The Bertz CT molecular complexity index is 666. The second-order valence-corrected chi connectivity index (χ2v) is 5.32. The van der Waals surface area contributed by atoms with Crippen molar-refractivity contribution >= 4 is 41.1 Å². The molecule has 0 radical (unpaired) electrons. The molecule has 6 heteroatoms. The van der Waals surface area contributed by atoms with Gasteiger partial charge in [0.1, 0.15) is 6.29 Å². The van der Waals surface area contributed by atoms with E-state index in [9.17, 15) is 9.59 Å². The van der Waals surface area contributed by atoms with Gasteiger partial charge >= 0.3 is 0 Å². The molecule has 0 heterocycles. The van der Waals surface area contributed by atoms with Crippen LogP contribution in [0.25, 0.3) is 0 Å². The Hall–Kier alpha value is -2.04. The molecule has 0 aliphatic heterocycles. The molecule has 114 valence electrons. The average Bonchev–Trinajstić information content (AvgIpc) is 2.53. The molecular weight excluding hydrogens is 325 g/mol. The smallest absolute Gasteiger partial charge is 0.264 e. The van der Waals surface area contributed by atoms with Crippen LogP contribution in [0.4, 0.5) is 5.69 Å². The van der Waals surface area contributed by atoms with Crippen LogP contribution in [0.3, 0.4) is 0 Å². The largest absolute Gasteiger partial charge is 0.481 e. The number of carbonyl (C=O) groups is 2. The van der Waals surface area contributed by atoms with Crippen molar-refractivity contribution in [3.8, 4) is 5.75 Å². The number of aldehydes is 1. The lowest BCUT2D eigenvalue weighted by molar-refractivity contribution is -0.120. The van der Waals surface area contributed by atoms with Crippen molar-refractivity contribution in [3.63, 3.8) is 0 Å². The summed E-state index contributed by atoms with van der Waals surface area (Å²) in [6, 6.07) is 12.0. The minimum absolute atomic E-state index is 0.184. The van der Waals surface area contributed by atoms with Crippen LogP contribution in [0, 0.1) is 0 Å². The molecule has 0 unspecified atom stereocenters. The van der Waals surface area contributed by atoms with Gasteiger partial charge in [-0.25, -0.2) is 0 Å². The highest BCUT2D eigenvalue weighted by Crippen LogP contribution is 2.33.